The van der Waals surface area contributed by atoms with Crippen molar-refractivity contribution in [2.45, 2.75) is 38.8 Å². The van der Waals surface area contributed by atoms with Gasteiger partial charge >= 0.3 is 0 Å². The normalized spacial score (nSPS) is 14.9. The van der Waals surface area contributed by atoms with E-state index >= 15 is 0 Å². The summed E-state index contributed by atoms with van der Waals surface area (Å²) < 4.78 is 14.6. The molecule has 0 aliphatic carbocycles. The average molecular weight is 526 g/mol. The van der Waals surface area contributed by atoms with Gasteiger partial charge in [-0.05, 0) is 49.4 Å². The lowest BCUT2D eigenvalue weighted by atomic mass is 10.1. The van der Waals surface area contributed by atoms with Crippen LogP contribution in [0.2, 0.25) is 0 Å². The Balaban J connectivity index is 0.00000320. The molecule has 2 aromatic carbocycles. The van der Waals surface area contributed by atoms with Gasteiger partial charge in [0.2, 0.25) is 0 Å². The molecule has 3 rings (SSSR count). The highest BCUT2D eigenvalue weighted by molar-refractivity contribution is 14.0. The van der Waals surface area contributed by atoms with Crippen LogP contribution >= 0.6 is 24.0 Å². The van der Waals surface area contributed by atoms with Crippen molar-refractivity contribution in [1.29, 1.82) is 0 Å². The molecule has 0 saturated carbocycles. The van der Waals surface area contributed by atoms with Gasteiger partial charge in [-0.15, -0.1) is 24.0 Å². The summed E-state index contributed by atoms with van der Waals surface area (Å²) in [6, 6.07) is 15.6. The standard InChI is InChI=1S/C23H31FN4O.HI/c1-2-25-23(26-13-10-18-6-4-3-5-7-18)27-17-19-8-9-22(21(24)16-19)28-14-11-20(29)12-15-28;/h3-9,16,20,29H,2,10-15,17H2,1H3,(H2,25,26,27);1H. The van der Waals surface area contributed by atoms with E-state index in [4.69, 9.17) is 0 Å². The van der Waals surface area contributed by atoms with Gasteiger partial charge in [0.1, 0.15) is 5.82 Å². The molecule has 5 nitrogen and oxygen atoms in total. The number of halogens is 2. The SMILES string of the molecule is CCNC(=NCc1ccc(N2CCC(O)CC2)c(F)c1)NCCc1ccccc1.I. The molecule has 1 saturated heterocycles. The Bertz CT molecular complexity index is 795. The monoisotopic (exact) mass is 526 g/mol. The number of nitrogens with one attached hydrogen (secondary N) is 2. The van der Waals surface area contributed by atoms with E-state index in [0.29, 0.717) is 38.2 Å². The van der Waals surface area contributed by atoms with Gasteiger partial charge in [0.15, 0.2) is 5.96 Å². The lowest BCUT2D eigenvalue weighted by Gasteiger charge is -2.31. The van der Waals surface area contributed by atoms with Gasteiger partial charge in [0, 0.05) is 26.2 Å². The third-order valence-electron chi connectivity index (χ3n) is 5.13. The van der Waals surface area contributed by atoms with Crippen LogP contribution in [0.4, 0.5) is 10.1 Å². The van der Waals surface area contributed by atoms with Crippen LogP contribution in [-0.4, -0.2) is 43.3 Å². The van der Waals surface area contributed by atoms with E-state index in [1.54, 1.807) is 6.07 Å². The van der Waals surface area contributed by atoms with Crippen LogP contribution in [0.5, 0.6) is 0 Å². The quantitative estimate of drug-likeness (QED) is 0.293. The van der Waals surface area contributed by atoms with Crippen molar-refractivity contribution in [3.63, 3.8) is 0 Å². The van der Waals surface area contributed by atoms with Gasteiger partial charge in [-0.2, -0.15) is 0 Å². The fraction of sp³-hybridized carbons (Fsp3) is 0.435. The first kappa shape index (κ1) is 24.4. The predicted octanol–water partition coefficient (Wildman–Crippen LogP) is 3.70. The zero-order valence-electron chi connectivity index (χ0n) is 17.5. The van der Waals surface area contributed by atoms with Gasteiger partial charge in [-0.3, -0.25) is 0 Å². The molecule has 0 amide bonds. The van der Waals surface area contributed by atoms with E-state index in [9.17, 15) is 9.50 Å². The van der Waals surface area contributed by atoms with E-state index in [2.05, 4.69) is 27.8 Å². The third kappa shape index (κ3) is 7.43. The molecular weight excluding hydrogens is 494 g/mol. The Labute approximate surface area is 195 Å². The molecule has 1 aliphatic rings. The molecule has 30 heavy (non-hydrogen) atoms. The number of benzene rings is 2. The smallest absolute Gasteiger partial charge is 0.191 e. The second kappa shape index (κ2) is 12.7. The molecule has 2 aromatic rings. The number of aliphatic imine (C=N–C) groups is 1. The van der Waals surface area contributed by atoms with Crippen molar-refractivity contribution in [1.82, 2.24) is 10.6 Å². The average Bonchev–Trinajstić information content (AvgIpc) is 2.74. The summed E-state index contributed by atoms with van der Waals surface area (Å²) in [7, 11) is 0. The van der Waals surface area contributed by atoms with Gasteiger partial charge in [0.25, 0.3) is 0 Å². The molecule has 164 valence electrons. The first-order valence-electron chi connectivity index (χ1n) is 10.4. The summed E-state index contributed by atoms with van der Waals surface area (Å²) in [5.41, 5.74) is 2.72. The highest BCUT2D eigenvalue weighted by Gasteiger charge is 2.19. The fourth-order valence-corrected chi connectivity index (χ4v) is 3.49. The van der Waals surface area contributed by atoms with Crippen LogP contribution in [-0.2, 0) is 13.0 Å². The molecule has 0 spiro atoms. The van der Waals surface area contributed by atoms with Crippen molar-refractivity contribution in [2.75, 3.05) is 31.1 Å². The zero-order valence-corrected chi connectivity index (χ0v) is 19.8. The Kier molecular flexibility index (Phi) is 10.4. The summed E-state index contributed by atoms with van der Waals surface area (Å²) in [6.45, 7) is 5.36. The minimum absolute atomic E-state index is 0. The van der Waals surface area contributed by atoms with E-state index in [-0.39, 0.29) is 35.9 Å². The molecule has 0 bridgehead atoms. The Morgan fingerprint density at radius 2 is 1.83 bits per heavy atom. The van der Waals surface area contributed by atoms with Crippen LogP contribution in [0.15, 0.2) is 53.5 Å². The van der Waals surface area contributed by atoms with Crippen molar-refractivity contribution >= 4 is 35.6 Å². The molecule has 1 fully saturated rings. The van der Waals surface area contributed by atoms with Crippen molar-refractivity contribution < 1.29 is 9.50 Å². The Hall–Kier alpha value is -1.87. The molecule has 3 N–H and O–H groups in total. The topological polar surface area (TPSA) is 59.9 Å². The van der Waals surface area contributed by atoms with Crippen LogP contribution in [0, 0.1) is 5.82 Å². The highest BCUT2D eigenvalue weighted by atomic mass is 127. The molecule has 0 aromatic heterocycles. The number of aliphatic hydroxyl groups is 1. The lowest BCUT2D eigenvalue weighted by Crippen LogP contribution is -2.38. The minimum atomic E-state index is -0.262. The van der Waals surface area contributed by atoms with E-state index < -0.39 is 0 Å². The maximum atomic E-state index is 14.6. The fourth-order valence-electron chi connectivity index (χ4n) is 3.49. The first-order chi connectivity index (χ1) is 14.2. The lowest BCUT2D eigenvalue weighted by molar-refractivity contribution is 0.145. The molecule has 7 heteroatoms. The van der Waals surface area contributed by atoms with Crippen molar-refractivity contribution in [2.24, 2.45) is 4.99 Å². The highest BCUT2D eigenvalue weighted by Crippen LogP contribution is 2.24. The van der Waals surface area contributed by atoms with Crippen LogP contribution in [0.25, 0.3) is 0 Å². The van der Waals surface area contributed by atoms with Crippen LogP contribution in [0.1, 0.15) is 30.9 Å². The largest absolute Gasteiger partial charge is 0.393 e. The number of guanidine groups is 1. The van der Waals surface area contributed by atoms with E-state index in [1.807, 2.05) is 42.2 Å². The summed E-state index contributed by atoms with van der Waals surface area (Å²) in [4.78, 5) is 6.59. The summed E-state index contributed by atoms with van der Waals surface area (Å²) in [6.07, 6.45) is 2.03. The number of hydrogen-bond acceptors (Lipinski definition) is 3. The molecule has 0 unspecified atom stereocenters. The second-order valence-corrected chi connectivity index (χ2v) is 7.36. The second-order valence-electron chi connectivity index (χ2n) is 7.36. The molecule has 0 atom stereocenters. The number of aliphatic hydroxyl groups excluding tert-OH is 1. The molecule has 1 heterocycles. The van der Waals surface area contributed by atoms with Crippen molar-refractivity contribution in [3.8, 4) is 0 Å². The van der Waals surface area contributed by atoms with Gasteiger partial charge < -0.3 is 20.6 Å². The Morgan fingerprint density at radius 1 is 1.10 bits per heavy atom. The number of anilines is 1. The maximum absolute atomic E-state index is 14.6. The number of piperidine rings is 1. The molecule has 1 aliphatic heterocycles. The Morgan fingerprint density at radius 3 is 2.50 bits per heavy atom. The summed E-state index contributed by atoms with van der Waals surface area (Å²) in [5.74, 6) is 0.508. The summed E-state index contributed by atoms with van der Waals surface area (Å²) in [5, 5.41) is 16.2. The van der Waals surface area contributed by atoms with Crippen molar-refractivity contribution in [3.05, 3.63) is 65.5 Å². The molecular formula is C23H32FIN4O. The van der Waals surface area contributed by atoms with Gasteiger partial charge in [-0.1, -0.05) is 36.4 Å². The van der Waals surface area contributed by atoms with E-state index in [0.717, 1.165) is 31.0 Å². The number of nitrogens with zero attached hydrogens (tertiary/aromatic N) is 2. The minimum Gasteiger partial charge on any atom is -0.393 e. The van der Waals surface area contributed by atoms with Gasteiger partial charge in [-0.25, -0.2) is 9.38 Å². The van der Waals surface area contributed by atoms with Crippen LogP contribution in [0.3, 0.4) is 0 Å². The third-order valence-corrected chi connectivity index (χ3v) is 5.13. The zero-order chi connectivity index (χ0) is 20.5. The summed E-state index contributed by atoms with van der Waals surface area (Å²) >= 11 is 0. The first-order valence-corrected chi connectivity index (χ1v) is 10.4. The van der Waals surface area contributed by atoms with Gasteiger partial charge in [0.05, 0.1) is 18.3 Å². The molecule has 0 radical (unpaired) electrons. The van der Waals surface area contributed by atoms with E-state index in [1.165, 1.54) is 5.56 Å². The number of hydrogen-bond donors (Lipinski definition) is 3. The predicted molar refractivity (Wildman–Crippen MR) is 132 cm³/mol. The van der Waals surface area contributed by atoms with Crippen LogP contribution < -0.4 is 15.5 Å². The number of rotatable bonds is 7. The maximum Gasteiger partial charge on any atom is 0.191 e.